The molecular formula is C10H12Br2O2. The highest BCUT2D eigenvalue weighted by atomic mass is 79.9. The van der Waals surface area contributed by atoms with E-state index in [2.05, 4.69) is 31.9 Å². The van der Waals surface area contributed by atoms with Crippen molar-refractivity contribution in [3.05, 3.63) is 24.3 Å². The Morgan fingerprint density at radius 1 is 0.857 bits per heavy atom. The fraction of sp³-hybridized carbons (Fsp3) is 0.400. The summed E-state index contributed by atoms with van der Waals surface area (Å²) < 4.78 is 10.8. The molecule has 0 aromatic heterocycles. The van der Waals surface area contributed by atoms with Crippen molar-refractivity contribution in [2.24, 2.45) is 0 Å². The number of hydrogen-bond donors (Lipinski definition) is 0. The summed E-state index contributed by atoms with van der Waals surface area (Å²) in [5.74, 6) is 1.65. The molecule has 0 aliphatic rings. The van der Waals surface area contributed by atoms with Gasteiger partial charge >= 0.3 is 0 Å². The van der Waals surface area contributed by atoms with Crippen LogP contribution in [0.15, 0.2) is 24.3 Å². The molecule has 0 N–H and O–H groups in total. The molecule has 0 spiro atoms. The van der Waals surface area contributed by atoms with Crippen molar-refractivity contribution >= 4 is 31.9 Å². The van der Waals surface area contributed by atoms with Crippen molar-refractivity contribution in [1.82, 2.24) is 0 Å². The van der Waals surface area contributed by atoms with Crippen LogP contribution in [-0.4, -0.2) is 10.0 Å². The predicted octanol–water partition coefficient (Wildman–Crippen LogP) is 3.93. The van der Waals surface area contributed by atoms with Crippen LogP contribution in [-0.2, 0) is 0 Å². The summed E-state index contributed by atoms with van der Waals surface area (Å²) in [6.45, 7) is 3.84. The first-order valence-corrected chi connectivity index (χ1v) is 6.12. The maximum Gasteiger partial charge on any atom is 0.150 e. The minimum absolute atomic E-state index is 0.0179. The molecule has 78 valence electrons. The Balaban J connectivity index is 2.59. The molecule has 2 nitrogen and oxygen atoms in total. The molecule has 0 heterocycles. The van der Waals surface area contributed by atoms with Crippen LogP contribution < -0.4 is 9.47 Å². The largest absolute Gasteiger partial charge is 0.480 e. The molecule has 0 aliphatic carbocycles. The maximum atomic E-state index is 5.42. The second kappa shape index (κ2) is 5.61. The summed E-state index contributed by atoms with van der Waals surface area (Å²) in [6.07, 6.45) is 0. The van der Waals surface area contributed by atoms with E-state index < -0.39 is 0 Å². The van der Waals surface area contributed by atoms with Crippen molar-refractivity contribution in [2.45, 2.75) is 23.9 Å². The first-order chi connectivity index (χ1) is 6.58. The van der Waals surface area contributed by atoms with Crippen molar-refractivity contribution in [1.29, 1.82) is 0 Å². The van der Waals surface area contributed by atoms with Gasteiger partial charge in [0.15, 0.2) is 10.0 Å². The Labute approximate surface area is 101 Å². The van der Waals surface area contributed by atoms with Crippen molar-refractivity contribution in [3.63, 3.8) is 0 Å². The van der Waals surface area contributed by atoms with Crippen LogP contribution in [0.2, 0.25) is 0 Å². The zero-order valence-corrected chi connectivity index (χ0v) is 11.2. The number of halogens is 2. The van der Waals surface area contributed by atoms with Gasteiger partial charge in [0.25, 0.3) is 0 Å². The number of hydrogen-bond acceptors (Lipinski definition) is 2. The summed E-state index contributed by atoms with van der Waals surface area (Å²) >= 11 is 6.62. The first-order valence-electron chi connectivity index (χ1n) is 4.29. The Kier molecular flexibility index (Phi) is 4.75. The van der Waals surface area contributed by atoms with E-state index in [0.717, 1.165) is 11.5 Å². The molecule has 0 saturated heterocycles. The highest BCUT2D eigenvalue weighted by Gasteiger charge is 2.01. The van der Waals surface area contributed by atoms with Crippen LogP contribution in [0.3, 0.4) is 0 Å². The summed E-state index contributed by atoms with van der Waals surface area (Å²) in [7, 11) is 0. The van der Waals surface area contributed by atoms with Gasteiger partial charge < -0.3 is 9.47 Å². The molecule has 0 fully saturated rings. The van der Waals surface area contributed by atoms with E-state index in [1.54, 1.807) is 0 Å². The monoisotopic (exact) mass is 322 g/mol. The average molecular weight is 324 g/mol. The minimum Gasteiger partial charge on any atom is -0.480 e. The molecule has 0 amide bonds. The third-order valence-corrected chi connectivity index (χ3v) is 1.79. The van der Waals surface area contributed by atoms with Crippen LogP contribution >= 0.6 is 31.9 Å². The minimum atomic E-state index is 0.0179. The van der Waals surface area contributed by atoms with Crippen LogP contribution in [0.5, 0.6) is 11.5 Å². The van der Waals surface area contributed by atoms with Gasteiger partial charge in [0.2, 0.25) is 0 Å². The molecule has 2 atom stereocenters. The van der Waals surface area contributed by atoms with Gasteiger partial charge in [0.1, 0.15) is 11.5 Å². The predicted molar refractivity (Wildman–Crippen MR) is 64.5 cm³/mol. The fourth-order valence-electron chi connectivity index (χ4n) is 0.972. The molecule has 1 aromatic carbocycles. The van der Waals surface area contributed by atoms with Crippen molar-refractivity contribution in [3.8, 4) is 11.5 Å². The zero-order chi connectivity index (χ0) is 10.6. The Hall–Kier alpha value is -0.220. The van der Waals surface area contributed by atoms with Crippen molar-refractivity contribution in [2.75, 3.05) is 0 Å². The van der Waals surface area contributed by atoms with E-state index in [-0.39, 0.29) is 10.0 Å². The highest BCUT2D eigenvalue weighted by molar-refractivity contribution is 9.09. The lowest BCUT2D eigenvalue weighted by molar-refractivity contribution is 0.305. The fourth-order valence-corrected chi connectivity index (χ4v) is 1.40. The lowest BCUT2D eigenvalue weighted by atomic mass is 10.3. The second-order valence-corrected chi connectivity index (χ2v) is 5.37. The Bertz CT molecular complexity index is 241. The quantitative estimate of drug-likeness (QED) is 0.782. The number of rotatable bonds is 4. The molecule has 0 aliphatic heterocycles. The van der Waals surface area contributed by atoms with Crippen LogP contribution in [0.4, 0.5) is 0 Å². The van der Waals surface area contributed by atoms with E-state index in [0.29, 0.717) is 0 Å². The molecule has 0 radical (unpaired) electrons. The van der Waals surface area contributed by atoms with E-state index >= 15 is 0 Å². The Morgan fingerprint density at radius 3 is 1.36 bits per heavy atom. The summed E-state index contributed by atoms with van der Waals surface area (Å²) in [5, 5.41) is 0.0359. The molecule has 4 heteroatoms. The summed E-state index contributed by atoms with van der Waals surface area (Å²) in [5.41, 5.74) is 0. The van der Waals surface area contributed by atoms with Crippen molar-refractivity contribution < 1.29 is 9.47 Å². The van der Waals surface area contributed by atoms with E-state index in [1.165, 1.54) is 0 Å². The van der Waals surface area contributed by atoms with Crippen LogP contribution in [0.25, 0.3) is 0 Å². The molecule has 1 aromatic rings. The third-order valence-electron chi connectivity index (χ3n) is 1.42. The number of alkyl halides is 2. The standard InChI is InChI=1S/C10H12Br2O2/c1-7(11)13-9-3-5-10(6-4-9)14-8(2)12/h3-8H,1-2H3. The summed E-state index contributed by atoms with van der Waals surface area (Å²) in [4.78, 5) is 0. The van der Waals surface area contributed by atoms with E-state index in [4.69, 9.17) is 9.47 Å². The average Bonchev–Trinajstić information content (AvgIpc) is 2.06. The van der Waals surface area contributed by atoms with Gasteiger partial charge in [0, 0.05) is 0 Å². The van der Waals surface area contributed by atoms with Crippen LogP contribution in [0.1, 0.15) is 13.8 Å². The SMILES string of the molecule is CC(Br)Oc1ccc(OC(C)Br)cc1. The number of ether oxygens (including phenoxy) is 2. The second-order valence-electron chi connectivity index (χ2n) is 2.79. The maximum absolute atomic E-state index is 5.42. The van der Waals surface area contributed by atoms with E-state index in [9.17, 15) is 0 Å². The smallest absolute Gasteiger partial charge is 0.150 e. The molecule has 1 rings (SSSR count). The topological polar surface area (TPSA) is 18.5 Å². The van der Waals surface area contributed by atoms with Gasteiger partial charge in [-0.25, -0.2) is 0 Å². The molecule has 0 bridgehead atoms. The first kappa shape index (κ1) is 11.9. The molecular weight excluding hydrogens is 312 g/mol. The van der Waals surface area contributed by atoms with Gasteiger partial charge in [-0.05, 0) is 70.0 Å². The lowest BCUT2D eigenvalue weighted by Gasteiger charge is -2.10. The normalized spacial score (nSPS) is 14.6. The molecule has 0 saturated carbocycles. The molecule has 2 unspecified atom stereocenters. The zero-order valence-electron chi connectivity index (χ0n) is 8.04. The number of benzene rings is 1. The van der Waals surface area contributed by atoms with Gasteiger partial charge in [0.05, 0.1) is 0 Å². The highest BCUT2D eigenvalue weighted by Crippen LogP contribution is 2.21. The third kappa shape index (κ3) is 4.33. The summed E-state index contributed by atoms with van der Waals surface area (Å²) in [6, 6.07) is 7.51. The van der Waals surface area contributed by atoms with Gasteiger partial charge in [-0.3, -0.25) is 0 Å². The van der Waals surface area contributed by atoms with Crippen LogP contribution in [0, 0.1) is 0 Å². The van der Waals surface area contributed by atoms with Gasteiger partial charge in [-0.1, -0.05) is 0 Å². The molecule has 14 heavy (non-hydrogen) atoms. The lowest BCUT2D eigenvalue weighted by Crippen LogP contribution is -2.03. The van der Waals surface area contributed by atoms with E-state index in [1.807, 2.05) is 38.1 Å². The van der Waals surface area contributed by atoms with Gasteiger partial charge in [-0.15, -0.1) is 0 Å². The van der Waals surface area contributed by atoms with Gasteiger partial charge in [-0.2, -0.15) is 0 Å². The Morgan fingerprint density at radius 2 is 1.14 bits per heavy atom.